The van der Waals surface area contributed by atoms with Gasteiger partial charge in [-0.2, -0.15) is 18.3 Å². The van der Waals surface area contributed by atoms with Crippen LogP contribution in [0.2, 0.25) is 0 Å². The number of H-pyrrole nitrogens is 1. The summed E-state index contributed by atoms with van der Waals surface area (Å²) in [7, 11) is 0. The van der Waals surface area contributed by atoms with E-state index in [1.807, 2.05) is 35.2 Å². The zero-order chi connectivity index (χ0) is 28.1. The van der Waals surface area contributed by atoms with Crippen molar-refractivity contribution in [2.45, 2.75) is 43.4 Å². The van der Waals surface area contributed by atoms with Gasteiger partial charge in [-0.15, -0.1) is 0 Å². The van der Waals surface area contributed by atoms with Crippen molar-refractivity contribution in [3.63, 3.8) is 0 Å². The maximum atomic E-state index is 13.9. The summed E-state index contributed by atoms with van der Waals surface area (Å²) in [6.45, 7) is 0.265. The van der Waals surface area contributed by atoms with Crippen LogP contribution in [-0.2, 0) is 9.59 Å². The Morgan fingerprint density at radius 3 is 2.55 bits per heavy atom. The largest absolute Gasteiger partial charge is 0.408 e. The Morgan fingerprint density at radius 1 is 1.07 bits per heavy atom. The highest BCUT2D eigenvalue weighted by Gasteiger charge is 2.55. The number of pyridine rings is 1. The number of nitrogens with one attached hydrogen (secondary N) is 1. The number of hydrogen-bond acceptors (Lipinski definition) is 6. The summed E-state index contributed by atoms with van der Waals surface area (Å²) >= 11 is 0. The molecule has 0 aliphatic carbocycles. The molecular formula is C27H28F3N7O3. The zero-order valence-corrected chi connectivity index (χ0v) is 21.6. The molecule has 3 amide bonds. The van der Waals surface area contributed by atoms with Gasteiger partial charge in [0.2, 0.25) is 5.91 Å². The number of fused-ring (bicyclic) bond motifs is 1. The van der Waals surface area contributed by atoms with Crippen LogP contribution in [0.5, 0.6) is 0 Å². The summed E-state index contributed by atoms with van der Waals surface area (Å²) in [5.41, 5.74) is 0.753. The van der Waals surface area contributed by atoms with E-state index in [-0.39, 0.29) is 37.9 Å². The fourth-order valence-electron chi connectivity index (χ4n) is 6.20. The molecule has 6 rings (SSSR count). The first-order chi connectivity index (χ1) is 19.2. The SMILES string of the molecule is O=C(c1cnc2[nH]ncc2c1)N1CCC2(CC1)C(=O)N(CC(=O)N1CCCC1C(F)(F)F)CN2c1ccccc1. The topological polar surface area (TPSA) is 106 Å². The summed E-state index contributed by atoms with van der Waals surface area (Å²) in [5, 5.41) is 7.40. The number of carbonyl (C=O) groups excluding carboxylic acids is 3. The van der Waals surface area contributed by atoms with Gasteiger partial charge in [0, 0.05) is 36.9 Å². The predicted molar refractivity (Wildman–Crippen MR) is 138 cm³/mol. The van der Waals surface area contributed by atoms with E-state index in [1.165, 1.54) is 11.1 Å². The van der Waals surface area contributed by atoms with Crippen LogP contribution in [0.3, 0.4) is 0 Å². The van der Waals surface area contributed by atoms with Crippen molar-refractivity contribution in [1.29, 1.82) is 0 Å². The Morgan fingerprint density at radius 2 is 1.82 bits per heavy atom. The maximum absolute atomic E-state index is 13.9. The van der Waals surface area contributed by atoms with Gasteiger partial charge in [0.25, 0.3) is 11.8 Å². The first-order valence-electron chi connectivity index (χ1n) is 13.2. The lowest BCUT2D eigenvalue weighted by Crippen LogP contribution is -2.57. The number of halogens is 3. The van der Waals surface area contributed by atoms with E-state index >= 15 is 0 Å². The van der Waals surface area contributed by atoms with E-state index in [0.29, 0.717) is 42.5 Å². The minimum Gasteiger partial charge on any atom is -0.339 e. The van der Waals surface area contributed by atoms with Gasteiger partial charge in [-0.25, -0.2) is 4.98 Å². The third-order valence-corrected chi connectivity index (χ3v) is 8.28. The van der Waals surface area contributed by atoms with Crippen molar-refractivity contribution in [3.05, 3.63) is 54.4 Å². The van der Waals surface area contributed by atoms with Crippen LogP contribution in [0.15, 0.2) is 48.8 Å². The number of hydrogen-bond donors (Lipinski definition) is 1. The van der Waals surface area contributed by atoms with Gasteiger partial charge >= 0.3 is 6.18 Å². The second-order valence-corrected chi connectivity index (χ2v) is 10.6. The lowest BCUT2D eigenvalue weighted by Gasteiger charge is -2.43. The Labute approximate surface area is 227 Å². The number of rotatable bonds is 4. The fourth-order valence-corrected chi connectivity index (χ4v) is 6.20. The highest BCUT2D eigenvalue weighted by atomic mass is 19.4. The van der Waals surface area contributed by atoms with E-state index in [2.05, 4.69) is 15.2 Å². The lowest BCUT2D eigenvalue weighted by molar-refractivity contribution is -0.183. The van der Waals surface area contributed by atoms with Crippen molar-refractivity contribution in [3.8, 4) is 0 Å². The minimum atomic E-state index is -4.50. The number of benzene rings is 1. The average molecular weight is 556 g/mol. The standard InChI is InChI=1S/C27H28F3N7O3/c28-27(29,30)21-7-4-10-36(21)22(38)16-35-17-37(20-5-2-1-3-6-20)26(25(35)40)8-11-34(12-9-26)24(39)19-13-18-15-32-33-23(18)31-14-19/h1-3,5-6,13-15,21H,4,7-12,16-17H2,(H,31,32,33). The number of para-hydroxylation sites is 1. The monoisotopic (exact) mass is 555 g/mol. The van der Waals surface area contributed by atoms with E-state index in [9.17, 15) is 27.6 Å². The molecule has 3 aromatic rings. The van der Waals surface area contributed by atoms with Crippen LogP contribution < -0.4 is 4.90 Å². The molecule has 1 N–H and O–H groups in total. The van der Waals surface area contributed by atoms with Crippen LogP contribution in [0.4, 0.5) is 18.9 Å². The minimum absolute atomic E-state index is 0.0229. The van der Waals surface area contributed by atoms with E-state index in [0.717, 1.165) is 10.6 Å². The number of carbonyl (C=O) groups is 3. The number of aromatic nitrogens is 3. The molecule has 1 aromatic carbocycles. The zero-order valence-electron chi connectivity index (χ0n) is 21.6. The number of nitrogens with zero attached hydrogens (tertiary/aromatic N) is 6. The van der Waals surface area contributed by atoms with Crippen LogP contribution in [0.25, 0.3) is 11.0 Å². The van der Waals surface area contributed by atoms with Crippen molar-refractivity contribution in [2.24, 2.45) is 0 Å². The molecule has 3 aliphatic rings. The molecule has 3 saturated heterocycles. The molecule has 1 atom stereocenters. The molecule has 3 fully saturated rings. The second-order valence-electron chi connectivity index (χ2n) is 10.6. The summed E-state index contributed by atoms with van der Waals surface area (Å²) in [4.78, 5) is 50.3. The van der Waals surface area contributed by atoms with Gasteiger partial charge in [0.15, 0.2) is 5.65 Å². The highest BCUT2D eigenvalue weighted by Crippen LogP contribution is 2.40. The molecule has 0 bridgehead atoms. The van der Waals surface area contributed by atoms with E-state index < -0.39 is 30.2 Å². The Kier molecular flexibility index (Phi) is 6.38. The first kappa shape index (κ1) is 26.1. The molecular weight excluding hydrogens is 527 g/mol. The average Bonchev–Trinajstić information content (AvgIpc) is 3.69. The first-order valence-corrected chi connectivity index (χ1v) is 13.2. The Hall–Kier alpha value is -4.16. The van der Waals surface area contributed by atoms with Crippen LogP contribution in [0.1, 0.15) is 36.0 Å². The number of anilines is 1. The number of piperidine rings is 1. The van der Waals surface area contributed by atoms with Gasteiger partial charge in [-0.05, 0) is 43.9 Å². The summed E-state index contributed by atoms with van der Waals surface area (Å²) in [6.07, 6.45) is -0.651. The molecule has 3 aliphatic heterocycles. The normalized spacial score (nSPS) is 21.2. The second kappa shape index (κ2) is 9.79. The Balaban J connectivity index is 1.21. The van der Waals surface area contributed by atoms with Crippen LogP contribution in [-0.4, -0.2) is 98.2 Å². The molecule has 1 spiro atoms. The summed E-state index contributed by atoms with van der Waals surface area (Å²) in [5.74, 6) is -1.21. The summed E-state index contributed by atoms with van der Waals surface area (Å²) in [6, 6.07) is 9.17. The third-order valence-electron chi connectivity index (χ3n) is 8.28. The van der Waals surface area contributed by atoms with Gasteiger partial charge < -0.3 is 19.6 Å². The molecule has 10 nitrogen and oxygen atoms in total. The smallest absolute Gasteiger partial charge is 0.339 e. The lowest BCUT2D eigenvalue weighted by atomic mass is 9.85. The molecule has 40 heavy (non-hydrogen) atoms. The molecule has 2 aromatic heterocycles. The quantitative estimate of drug-likeness (QED) is 0.531. The molecule has 0 saturated carbocycles. The van der Waals surface area contributed by atoms with E-state index in [4.69, 9.17) is 0 Å². The fraction of sp³-hybridized carbons (Fsp3) is 0.444. The highest BCUT2D eigenvalue weighted by molar-refractivity contribution is 5.98. The van der Waals surface area contributed by atoms with E-state index in [1.54, 1.807) is 17.2 Å². The maximum Gasteiger partial charge on any atom is 0.408 e. The third kappa shape index (κ3) is 4.42. The van der Waals surface area contributed by atoms with Gasteiger partial charge in [-0.3, -0.25) is 19.5 Å². The number of aromatic amines is 1. The van der Waals surface area contributed by atoms with Crippen molar-refractivity contribution < 1.29 is 27.6 Å². The van der Waals surface area contributed by atoms with Gasteiger partial charge in [0.1, 0.15) is 18.1 Å². The number of amides is 3. The van der Waals surface area contributed by atoms with Gasteiger partial charge in [-0.1, -0.05) is 18.2 Å². The molecule has 0 radical (unpaired) electrons. The van der Waals surface area contributed by atoms with Gasteiger partial charge in [0.05, 0.1) is 18.4 Å². The molecule has 5 heterocycles. The number of alkyl halides is 3. The molecule has 210 valence electrons. The van der Waals surface area contributed by atoms with Crippen molar-refractivity contribution >= 4 is 34.4 Å². The Bertz CT molecular complexity index is 1440. The predicted octanol–water partition coefficient (Wildman–Crippen LogP) is 2.79. The van der Waals surface area contributed by atoms with Crippen molar-refractivity contribution in [2.75, 3.05) is 37.7 Å². The number of likely N-dealkylation sites (tertiary alicyclic amines) is 2. The summed E-state index contributed by atoms with van der Waals surface area (Å²) < 4.78 is 40.5. The molecule has 1 unspecified atom stereocenters. The van der Waals surface area contributed by atoms with Crippen LogP contribution in [0, 0.1) is 0 Å². The van der Waals surface area contributed by atoms with Crippen molar-refractivity contribution in [1.82, 2.24) is 29.9 Å². The molecule has 13 heteroatoms. The van der Waals surface area contributed by atoms with Crippen LogP contribution >= 0.6 is 0 Å².